The van der Waals surface area contributed by atoms with Crippen molar-refractivity contribution in [2.24, 2.45) is 0 Å². The van der Waals surface area contributed by atoms with Gasteiger partial charge < -0.3 is 9.47 Å². The monoisotopic (exact) mass is 178 g/mol. The lowest BCUT2D eigenvalue weighted by atomic mass is 10.3. The van der Waals surface area contributed by atoms with Gasteiger partial charge in [0.25, 0.3) is 0 Å². The molecule has 0 heterocycles. The highest BCUT2D eigenvalue weighted by molar-refractivity contribution is 5.31. The first kappa shape index (κ1) is 9.65. The molecule has 0 spiro atoms. The van der Waals surface area contributed by atoms with Crippen LogP contribution >= 0.6 is 0 Å². The summed E-state index contributed by atoms with van der Waals surface area (Å²) in [6.45, 7) is 5.58. The number of benzene rings is 1. The molecule has 1 aromatic rings. The third kappa shape index (κ3) is 2.82. The molecule has 0 bridgehead atoms. The van der Waals surface area contributed by atoms with E-state index in [2.05, 4.69) is 6.58 Å². The zero-order chi connectivity index (χ0) is 9.68. The van der Waals surface area contributed by atoms with Gasteiger partial charge in [0.15, 0.2) is 0 Å². The van der Waals surface area contributed by atoms with E-state index in [1.165, 1.54) is 0 Å². The van der Waals surface area contributed by atoms with Gasteiger partial charge in [0, 0.05) is 0 Å². The fraction of sp³-hybridized carbons (Fsp3) is 0.273. The van der Waals surface area contributed by atoms with Crippen LogP contribution < -0.4 is 9.47 Å². The Morgan fingerprint density at radius 2 is 1.77 bits per heavy atom. The summed E-state index contributed by atoms with van der Waals surface area (Å²) >= 11 is 0. The van der Waals surface area contributed by atoms with E-state index in [-0.39, 0.29) is 6.10 Å². The Morgan fingerprint density at radius 1 is 1.23 bits per heavy atom. The van der Waals surface area contributed by atoms with Gasteiger partial charge in [-0.3, -0.25) is 0 Å². The molecule has 0 aliphatic carbocycles. The van der Waals surface area contributed by atoms with Crippen molar-refractivity contribution < 1.29 is 9.47 Å². The van der Waals surface area contributed by atoms with Crippen molar-refractivity contribution in [1.82, 2.24) is 0 Å². The number of hydrogen-bond acceptors (Lipinski definition) is 2. The Hall–Kier alpha value is -1.44. The number of rotatable bonds is 4. The Balaban J connectivity index is 2.63. The van der Waals surface area contributed by atoms with Gasteiger partial charge in [0.1, 0.15) is 17.6 Å². The predicted molar refractivity (Wildman–Crippen MR) is 53.3 cm³/mol. The van der Waals surface area contributed by atoms with E-state index in [1.54, 1.807) is 13.2 Å². The summed E-state index contributed by atoms with van der Waals surface area (Å²) < 4.78 is 10.5. The maximum absolute atomic E-state index is 5.49. The SMILES string of the molecule is C=C[C@H](C)Oc1ccc(OC)cc1. The predicted octanol–water partition coefficient (Wildman–Crippen LogP) is 2.65. The zero-order valence-corrected chi connectivity index (χ0v) is 7.99. The second kappa shape index (κ2) is 4.55. The van der Waals surface area contributed by atoms with Crippen LogP contribution in [0, 0.1) is 0 Å². The summed E-state index contributed by atoms with van der Waals surface area (Å²) in [6, 6.07) is 7.48. The first-order chi connectivity index (χ1) is 6.26. The van der Waals surface area contributed by atoms with Crippen LogP contribution in [-0.4, -0.2) is 13.2 Å². The highest BCUT2D eigenvalue weighted by Gasteiger charge is 1.98. The van der Waals surface area contributed by atoms with Crippen LogP contribution in [0.2, 0.25) is 0 Å². The van der Waals surface area contributed by atoms with Crippen molar-refractivity contribution in [3.63, 3.8) is 0 Å². The number of hydrogen-bond donors (Lipinski definition) is 0. The van der Waals surface area contributed by atoms with Crippen molar-refractivity contribution in [1.29, 1.82) is 0 Å². The van der Waals surface area contributed by atoms with Gasteiger partial charge in [-0.1, -0.05) is 12.7 Å². The summed E-state index contributed by atoms with van der Waals surface area (Å²) in [5.74, 6) is 1.66. The quantitative estimate of drug-likeness (QED) is 0.660. The second-order valence-corrected chi connectivity index (χ2v) is 2.73. The van der Waals surface area contributed by atoms with E-state index in [9.17, 15) is 0 Å². The maximum Gasteiger partial charge on any atom is 0.120 e. The Labute approximate surface area is 78.8 Å². The molecule has 0 aromatic heterocycles. The van der Waals surface area contributed by atoms with Crippen LogP contribution in [-0.2, 0) is 0 Å². The molecule has 0 saturated carbocycles. The van der Waals surface area contributed by atoms with E-state index < -0.39 is 0 Å². The number of ether oxygens (including phenoxy) is 2. The molecular weight excluding hydrogens is 164 g/mol. The maximum atomic E-state index is 5.49. The summed E-state index contributed by atoms with van der Waals surface area (Å²) in [5, 5.41) is 0. The molecule has 1 aromatic carbocycles. The van der Waals surface area contributed by atoms with Crippen LogP contribution in [0.15, 0.2) is 36.9 Å². The summed E-state index contributed by atoms with van der Waals surface area (Å²) in [6.07, 6.45) is 1.79. The molecule has 0 aliphatic heterocycles. The highest BCUT2D eigenvalue weighted by Crippen LogP contribution is 2.18. The minimum Gasteiger partial charge on any atom is -0.497 e. The first-order valence-corrected chi connectivity index (χ1v) is 4.19. The molecule has 0 aliphatic rings. The van der Waals surface area contributed by atoms with Gasteiger partial charge in [-0.2, -0.15) is 0 Å². The Bertz CT molecular complexity index is 264. The van der Waals surface area contributed by atoms with E-state index in [1.807, 2.05) is 31.2 Å². The minimum absolute atomic E-state index is 0.0356. The highest BCUT2D eigenvalue weighted by atomic mass is 16.5. The topological polar surface area (TPSA) is 18.5 Å². The van der Waals surface area contributed by atoms with E-state index in [4.69, 9.17) is 9.47 Å². The Kier molecular flexibility index (Phi) is 3.38. The molecule has 0 N–H and O–H groups in total. The standard InChI is InChI=1S/C11H14O2/c1-4-9(2)13-11-7-5-10(12-3)6-8-11/h4-9H,1H2,2-3H3/t9-/m0/s1. The van der Waals surface area contributed by atoms with Crippen molar-refractivity contribution in [3.8, 4) is 11.5 Å². The largest absolute Gasteiger partial charge is 0.497 e. The zero-order valence-electron chi connectivity index (χ0n) is 7.99. The smallest absolute Gasteiger partial charge is 0.120 e. The summed E-state index contributed by atoms with van der Waals surface area (Å²) in [7, 11) is 1.64. The molecule has 2 nitrogen and oxygen atoms in total. The van der Waals surface area contributed by atoms with Gasteiger partial charge >= 0.3 is 0 Å². The van der Waals surface area contributed by atoms with Gasteiger partial charge in [-0.15, -0.1) is 0 Å². The van der Waals surface area contributed by atoms with Crippen LogP contribution in [0.3, 0.4) is 0 Å². The third-order valence-electron chi connectivity index (χ3n) is 1.71. The molecule has 0 radical (unpaired) electrons. The molecule has 2 heteroatoms. The third-order valence-corrected chi connectivity index (χ3v) is 1.71. The fourth-order valence-electron chi connectivity index (χ4n) is 0.917. The molecule has 0 amide bonds. The van der Waals surface area contributed by atoms with Crippen LogP contribution in [0.1, 0.15) is 6.92 Å². The molecular formula is C11H14O2. The van der Waals surface area contributed by atoms with E-state index >= 15 is 0 Å². The lowest BCUT2D eigenvalue weighted by molar-refractivity contribution is 0.270. The van der Waals surface area contributed by atoms with Gasteiger partial charge in [0.2, 0.25) is 0 Å². The average Bonchev–Trinajstić information content (AvgIpc) is 2.19. The van der Waals surface area contributed by atoms with E-state index in [0.717, 1.165) is 11.5 Å². The van der Waals surface area contributed by atoms with Crippen molar-refractivity contribution in [2.45, 2.75) is 13.0 Å². The van der Waals surface area contributed by atoms with Crippen LogP contribution in [0.4, 0.5) is 0 Å². The van der Waals surface area contributed by atoms with E-state index in [0.29, 0.717) is 0 Å². The molecule has 13 heavy (non-hydrogen) atoms. The second-order valence-electron chi connectivity index (χ2n) is 2.73. The lowest BCUT2D eigenvalue weighted by Gasteiger charge is -2.10. The molecule has 1 rings (SSSR count). The van der Waals surface area contributed by atoms with Crippen LogP contribution in [0.25, 0.3) is 0 Å². The first-order valence-electron chi connectivity index (χ1n) is 4.19. The molecule has 1 atom stereocenters. The van der Waals surface area contributed by atoms with Gasteiger partial charge in [-0.05, 0) is 31.2 Å². The van der Waals surface area contributed by atoms with Crippen LogP contribution in [0.5, 0.6) is 11.5 Å². The average molecular weight is 178 g/mol. The minimum atomic E-state index is 0.0356. The van der Waals surface area contributed by atoms with Crippen molar-refractivity contribution in [3.05, 3.63) is 36.9 Å². The number of methoxy groups -OCH3 is 1. The fourth-order valence-corrected chi connectivity index (χ4v) is 0.917. The normalized spacial score (nSPS) is 11.8. The molecule has 0 unspecified atom stereocenters. The van der Waals surface area contributed by atoms with Gasteiger partial charge in [-0.25, -0.2) is 0 Å². The molecule has 0 fully saturated rings. The summed E-state index contributed by atoms with van der Waals surface area (Å²) in [4.78, 5) is 0. The van der Waals surface area contributed by atoms with Crippen molar-refractivity contribution >= 4 is 0 Å². The lowest BCUT2D eigenvalue weighted by Crippen LogP contribution is -2.06. The summed E-state index contributed by atoms with van der Waals surface area (Å²) in [5.41, 5.74) is 0. The Morgan fingerprint density at radius 3 is 2.23 bits per heavy atom. The molecule has 0 saturated heterocycles. The molecule has 70 valence electrons. The van der Waals surface area contributed by atoms with Gasteiger partial charge in [0.05, 0.1) is 7.11 Å². The van der Waals surface area contributed by atoms with Crippen molar-refractivity contribution in [2.75, 3.05) is 7.11 Å².